The molecule has 132 valence electrons. The molecule has 25 heavy (non-hydrogen) atoms. The number of amides is 2. The van der Waals surface area contributed by atoms with Crippen molar-refractivity contribution in [1.82, 2.24) is 15.4 Å². The number of halogens is 1. The summed E-state index contributed by atoms with van der Waals surface area (Å²) < 4.78 is 18.3. The summed E-state index contributed by atoms with van der Waals surface area (Å²) in [5.41, 5.74) is 0.935. The van der Waals surface area contributed by atoms with E-state index in [2.05, 4.69) is 10.5 Å². The molecule has 2 heterocycles. The van der Waals surface area contributed by atoms with E-state index in [4.69, 9.17) is 4.52 Å². The van der Waals surface area contributed by atoms with Crippen LogP contribution in [0.15, 0.2) is 34.9 Å². The maximum Gasteiger partial charge on any atom is 0.289 e. The first-order valence-corrected chi connectivity index (χ1v) is 8.42. The molecule has 1 saturated heterocycles. The average molecular weight is 345 g/mol. The summed E-state index contributed by atoms with van der Waals surface area (Å²) in [7, 11) is 0. The third-order valence-corrected chi connectivity index (χ3v) is 4.19. The van der Waals surface area contributed by atoms with E-state index < -0.39 is 5.91 Å². The molecule has 0 unspecified atom stereocenters. The summed E-state index contributed by atoms with van der Waals surface area (Å²) in [6.45, 7) is 1.57. The van der Waals surface area contributed by atoms with Crippen LogP contribution in [0.25, 0.3) is 11.3 Å². The highest BCUT2D eigenvalue weighted by atomic mass is 19.1. The van der Waals surface area contributed by atoms with E-state index in [-0.39, 0.29) is 17.5 Å². The van der Waals surface area contributed by atoms with Crippen LogP contribution in [-0.4, -0.2) is 41.5 Å². The third-order valence-electron chi connectivity index (χ3n) is 4.19. The second-order valence-corrected chi connectivity index (χ2v) is 6.03. The van der Waals surface area contributed by atoms with Crippen molar-refractivity contribution < 1.29 is 18.5 Å². The van der Waals surface area contributed by atoms with Gasteiger partial charge in [-0.15, -0.1) is 0 Å². The SMILES string of the molecule is O=C(NCCN1CCCCCC1=O)c1cc(-c2cccc(F)c2)no1. The van der Waals surface area contributed by atoms with Crippen molar-refractivity contribution in [2.75, 3.05) is 19.6 Å². The molecule has 0 spiro atoms. The Morgan fingerprint density at radius 3 is 3.00 bits per heavy atom. The smallest absolute Gasteiger partial charge is 0.289 e. The van der Waals surface area contributed by atoms with Crippen LogP contribution in [0.3, 0.4) is 0 Å². The zero-order valence-electron chi connectivity index (χ0n) is 13.8. The minimum absolute atomic E-state index is 0.0569. The molecular weight excluding hydrogens is 325 g/mol. The zero-order valence-corrected chi connectivity index (χ0v) is 13.8. The molecule has 0 atom stereocenters. The molecule has 6 nitrogen and oxygen atoms in total. The van der Waals surface area contributed by atoms with Crippen molar-refractivity contribution in [2.45, 2.75) is 25.7 Å². The lowest BCUT2D eigenvalue weighted by Crippen LogP contribution is -2.38. The Hall–Kier alpha value is -2.70. The monoisotopic (exact) mass is 345 g/mol. The molecule has 1 aromatic carbocycles. The number of rotatable bonds is 5. The molecule has 1 aromatic heterocycles. The number of likely N-dealkylation sites (tertiary alicyclic amines) is 1. The lowest BCUT2D eigenvalue weighted by atomic mass is 10.1. The van der Waals surface area contributed by atoms with E-state index in [1.165, 1.54) is 18.2 Å². The Balaban J connectivity index is 1.54. The van der Waals surface area contributed by atoms with E-state index in [9.17, 15) is 14.0 Å². The minimum atomic E-state index is -0.405. The molecule has 2 aromatic rings. The van der Waals surface area contributed by atoms with Crippen LogP contribution < -0.4 is 5.32 Å². The minimum Gasteiger partial charge on any atom is -0.350 e. The highest BCUT2D eigenvalue weighted by molar-refractivity contribution is 5.92. The molecule has 1 aliphatic rings. The lowest BCUT2D eigenvalue weighted by Gasteiger charge is -2.20. The number of hydrogen-bond donors (Lipinski definition) is 1. The Labute approximate surface area is 145 Å². The average Bonchev–Trinajstić information content (AvgIpc) is 3.01. The molecule has 0 aliphatic carbocycles. The second-order valence-electron chi connectivity index (χ2n) is 6.03. The van der Waals surface area contributed by atoms with Gasteiger partial charge >= 0.3 is 0 Å². The van der Waals surface area contributed by atoms with Gasteiger partial charge in [-0.05, 0) is 25.0 Å². The number of benzene rings is 1. The summed E-state index contributed by atoms with van der Waals surface area (Å²) in [6.07, 6.45) is 3.57. The van der Waals surface area contributed by atoms with E-state index in [1.807, 2.05) is 0 Å². The van der Waals surface area contributed by atoms with Gasteiger partial charge in [0.1, 0.15) is 11.5 Å². The van der Waals surface area contributed by atoms with Crippen molar-refractivity contribution in [3.05, 3.63) is 41.9 Å². The van der Waals surface area contributed by atoms with Crippen LogP contribution in [0.1, 0.15) is 36.2 Å². The van der Waals surface area contributed by atoms with Gasteiger partial charge in [0.15, 0.2) is 0 Å². The molecule has 1 aliphatic heterocycles. The maximum atomic E-state index is 13.3. The Bertz CT molecular complexity index is 760. The van der Waals surface area contributed by atoms with Gasteiger partial charge in [0, 0.05) is 37.7 Å². The summed E-state index contributed by atoms with van der Waals surface area (Å²) in [5.74, 6) is -0.590. The number of nitrogens with one attached hydrogen (secondary N) is 1. The highest BCUT2D eigenvalue weighted by Gasteiger charge is 2.18. The molecule has 1 fully saturated rings. The molecule has 0 bridgehead atoms. The van der Waals surface area contributed by atoms with Crippen LogP contribution in [0.2, 0.25) is 0 Å². The van der Waals surface area contributed by atoms with Gasteiger partial charge in [-0.1, -0.05) is 23.7 Å². The van der Waals surface area contributed by atoms with Gasteiger partial charge < -0.3 is 14.7 Å². The number of carbonyl (C=O) groups is 2. The Morgan fingerprint density at radius 2 is 2.16 bits per heavy atom. The van der Waals surface area contributed by atoms with Crippen molar-refractivity contribution >= 4 is 11.8 Å². The predicted octanol–water partition coefficient (Wildman–Crippen LogP) is 2.61. The fourth-order valence-corrected chi connectivity index (χ4v) is 2.83. The lowest BCUT2D eigenvalue weighted by molar-refractivity contribution is -0.130. The number of aromatic nitrogens is 1. The summed E-state index contributed by atoms with van der Waals surface area (Å²) in [5, 5.41) is 6.53. The predicted molar refractivity (Wildman–Crippen MR) is 89.3 cm³/mol. The summed E-state index contributed by atoms with van der Waals surface area (Å²) in [4.78, 5) is 25.8. The van der Waals surface area contributed by atoms with E-state index in [0.717, 1.165) is 25.8 Å². The van der Waals surface area contributed by atoms with E-state index in [0.29, 0.717) is 30.8 Å². The van der Waals surface area contributed by atoms with Crippen molar-refractivity contribution in [3.8, 4) is 11.3 Å². The molecule has 0 radical (unpaired) electrons. The fraction of sp³-hybridized carbons (Fsp3) is 0.389. The van der Waals surface area contributed by atoms with Gasteiger partial charge in [-0.3, -0.25) is 9.59 Å². The number of hydrogen-bond acceptors (Lipinski definition) is 4. The second kappa shape index (κ2) is 7.92. The third kappa shape index (κ3) is 4.43. The molecule has 0 saturated carbocycles. The van der Waals surface area contributed by atoms with Crippen molar-refractivity contribution in [3.63, 3.8) is 0 Å². The van der Waals surface area contributed by atoms with Crippen molar-refractivity contribution in [2.24, 2.45) is 0 Å². The fourth-order valence-electron chi connectivity index (χ4n) is 2.83. The van der Waals surface area contributed by atoms with E-state index >= 15 is 0 Å². The van der Waals surface area contributed by atoms with Gasteiger partial charge in [0.25, 0.3) is 5.91 Å². The van der Waals surface area contributed by atoms with Crippen LogP contribution in [0, 0.1) is 5.82 Å². The van der Waals surface area contributed by atoms with Gasteiger partial charge in [-0.2, -0.15) is 0 Å². The first kappa shape index (κ1) is 17.1. The zero-order chi connectivity index (χ0) is 17.6. The normalized spacial score (nSPS) is 15.1. The quantitative estimate of drug-likeness (QED) is 0.904. The van der Waals surface area contributed by atoms with Gasteiger partial charge in [0.05, 0.1) is 0 Å². The first-order valence-electron chi connectivity index (χ1n) is 8.42. The molecular formula is C18H20FN3O3. The van der Waals surface area contributed by atoms with E-state index in [1.54, 1.807) is 17.0 Å². The Kier molecular flexibility index (Phi) is 5.42. The molecule has 1 N–H and O–H groups in total. The van der Waals surface area contributed by atoms with Crippen molar-refractivity contribution in [1.29, 1.82) is 0 Å². The van der Waals surface area contributed by atoms with Gasteiger partial charge in [-0.25, -0.2) is 4.39 Å². The largest absolute Gasteiger partial charge is 0.350 e. The molecule has 3 rings (SSSR count). The Morgan fingerprint density at radius 1 is 1.28 bits per heavy atom. The van der Waals surface area contributed by atoms with Crippen LogP contribution in [0.4, 0.5) is 4.39 Å². The van der Waals surface area contributed by atoms with Crippen LogP contribution in [-0.2, 0) is 4.79 Å². The highest BCUT2D eigenvalue weighted by Crippen LogP contribution is 2.19. The number of nitrogens with zero attached hydrogens (tertiary/aromatic N) is 2. The summed E-state index contributed by atoms with van der Waals surface area (Å²) in [6, 6.07) is 7.39. The summed E-state index contributed by atoms with van der Waals surface area (Å²) >= 11 is 0. The van der Waals surface area contributed by atoms with Crippen LogP contribution in [0.5, 0.6) is 0 Å². The molecule has 2 amide bonds. The first-order chi connectivity index (χ1) is 12.1. The topological polar surface area (TPSA) is 75.4 Å². The van der Waals surface area contributed by atoms with Gasteiger partial charge in [0.2, 0.25) is 11.7 Å². The molecule has 7 heteroatoms. The number of carbonyl (C=O) groups excluding carboxylic acids is 2. The standard InChI is InChI=1S/C18H20FN3O3/c19-14-6-4-5-13(11-14)15-12-16(25-21-15)18(24)20-8-10-22-9-3-1-2-7-17(22)23/h4-6,11-12H,1-3,7-10H2,(H,20,24). The van der Waals surface area contributed by atoms with Crippen LogP contribution >= 0.6 is 0 Å². The maximum absolute atomic E-state index is 13.3.